The van der Waals surface area contributed by atoms with E-state index in [1.807, 2.05) is 104 Å². The molecule has 4 amide bonds. The van der Waals surface area contributed by atoms with E-state index in [1.165, 1.54) is 0 Å². The van der Waals surface area contributed by atoms with Crippen molar-refractivity contribution in [2.45, 2.75) is 19.0 Å². The first-order valence-electron chi connectivity index (χ1n) is 14.4. The molecule has 3 heterocycles. The van der Waals surface area contributed by atoms with Crippen molar-refractivity contribution in [2.75, 3.05) is 46.3 Å². The highest BCUT2D eigenvalue weighted by Gasteiger charge is 2.48. The van der Waals surface area contributed by atoms with Gasteiger partial charge in [-0.3, -0.25) is 14.5 Å². The van der Waals surface area contributed by atoms with Crippen LogP contribution in [0.3, 0.4) is 0 Å². The predicted octanol–water partition coefficient (Wildman–Crippen LogP) is 4.18. The van der Waals surface area contributed by atoms with Crippen LogP contribution in [0.1, 0.15) is 30.1 Å². The summed E-state index contributed by atoms with van der Waals surface area (Å²) in [5.41, 5.74) is 2.61. The summed E-state index contributed by atoms with van der Waals surface area (Å²) in [5.74, 6) is 0.942. The molecule has 0 unspecified atom stereocenters. The number of rotatable bonds is 7. The number of benzene rings is 3. The van der Waals surface area contributed by atoms with Crippen molar-refractivity contribution in [3.63, 3.8) is 0 Å². The number of likely N-dealkylation sites (N-methyl/N-ethyl adjacent to an activating group) is 2. The maximum atomic E-state index is 14.4. The lowest BCUT2D eigenvalue weighted by molar-refractivity contribution is -0.144. The third kappa shape index (κ3) is 5.23. The maximum Gasteiger partial charge on any atom is 0.322 e. The molecule has 2 atom stereocenters. The number of para-hydroxylation sites is 1. The van der Waals surface area contributed by atoms with Gasteiger partial charge in [-0.15, -0.1) is 0 Å². The van der Waals surface area contributed by atoms with E-state index in [0.29, 0.717) is 42.4 Å². The monoisotopic (exact) mass is 565 g/mol. The summed E-state index contributed by atoms with van der Waals surface area (Å²) in [7, 11) is 2.04. The molecule has 1 N–H and O–H groups in total. The molecule has 3 aromatic rings. The summed E-state index contributed by atoms with van der Waals surface area (Å²) in [6.07, 6.45) is 0. The number of carbonyl (C=O) groups excluding carboxylic acids is 3. The van der Waals surface area contributed by atoms with Gasteiger partial charge in [0.25, 0.3) is 5.91 Å². The second kappa shape index (κ2) is 11.7. The van der Waals surface area contributed by atoms with Crippen LogP contribution < -0.4 is 10.1 Å². The Labute approximate surface area is 245 Å². The highest BCUT2D eigenvalue weighted by atomic mass is 16.5. The zero-order valence-electron chi connectivity index (χ0n) is 23.9. The van der Waals surface area contributed by atoms with Crippen molar-refractivity contribution >= 4 is 17.8 Å². The standard InChI is InChI=1S/C33H35N5O4/c1-3-37-27-22-38(30(23-11-6-4-7-12-23)32(40)36-19-17-35(2)18-20-36)31(39)28(27)29(34-33(37)41)24-13-10-16-26(21-24)42-25-14-8-5-9-15-25/h4-16,21,29-30H,3,17-20,22H2,1-2H3,(H,34,41)/t29-,30-/m0/s1. The fraction of sp³-hybridized carbons (Fsp3) is 0.303. The minimum absolute atomic E-state index is 0.0976. The average molecular weight is 566 g/mol. The van der Waals surface area contributed by atoms with Crippen molar-refractivity contribution in [2.24, 2.45) is 0 Å². The van der Waals surface area contributed by atoms with Gasteiger partial charge in [0.15, 0.2) is 0 Å². The van der Waals surface area contributed by atoms with Gasteiger partial charge in [0.2, 0.25) is 5.91 Å². The third-order valence-electron chi connectivity index (χ3n) is 8.21. The fourth-order valence-electron chi connectivity index (χ4n) is 5.98. The van der Waals surface area contributed by atoms with Gasteiger partial charge >= 0.3 is 6.03 Å². The van der Waals surface area contributed by atoms with Gasteiger partial charge < -0.3 is 24.8 Å². The molecular weight excluding hydrogens is 530 g/mol. The lowest BCUT2D eigenvalue weighted by Crippen LogP contribution is -2.51. The molecule has 216 valence electrons. The number of urea groups is 1. The van der Waals surface area contributed by atoms with Crippen molar-refractivity contribution in [3.8, 4) is 11.5 Å². The number of nitrogens with zero attached hydrogens (tertiary/aromatic N) is 4. The average Bonchev–Trinajstić information content (AvgIpc) is 3.34. The normalized spacial score (nSPS) is 20.0. The summed E-state index contributed by atoms with van der Waals surface area (Å²) < 4.78 is 6.05. The van der Waals surface area contributed by atoms with Crippen LogP contribution in [0, 0.1) is 0 Å². The van der Waals surface area contributed by atoms with Gasteiger partial charge in [-0.05, 0) is 49.4 Å². The van der Waals surface area contributed by atoms with Crippen LogP contribution in [0.5, 0.6) is 11.5 Å². The van der Waals surface area contributed by atoms with E-state index in [4.69, 9.17) is 4.74 Å². The summed E-state index contributed by atoms with van der Waals surface area (Å²) >= 11 is 0. The van der Waals surface area contributed by atoms with Gasteiger partial charge in [-0.1, -0.05) is 60.7 Å². The van der Waals surface area contributed by atoms with Crippen molar-refractivity contribution in [1.82, 2.24) is 24.9 Å². The Bertz CT molecular complexity index is 1500. The van der Waals surface area contributed by atoms with Gasteiger partial charge in [-0.2, -0.15) is 0 Å². The number of nitrogens with one attached hydrogen (secondary N) is 1. The molecule has 0 aromatic heterocycles. The van der Waals surface area contributed by atoms with Crippen LogP contribution in [-0.2, 0) is 9.59 Å². The predicted molar refractivity (Wildman–Crippen MR) is 159 cm³/mol. The minimum Gasteiger partial charge on any atom is -0.457 e. The van der Waals surface area contributed by atoms with Crippen LogP contribution >= 0.6 is 0 Å². The quantitative estimate of drug-likeness (QED) is 0.465. The fourth-order valence-corrected chi connectivity index (χ4v) is 5.98. The van der Waals surface area contributed by atoms with E-state index in [0.717, 1.165) is 24.2 Å². The second-order valence-electron chi connectivity index (χ2n) is 10.8. The molecule has 3 aromatic carbocycles. The number of hydrogen-bond donors (Lipinski definition) is 1. The summed E-state index contributed by atoms with van der Waals surface area (Å²) in [5, 5.41) is 3.05. The molecular formula is C33H35N5O4. The van der Waals surface area contributed by atoms with Crippen LogP contribution in [0.2, 0.25) is 0 Å². The van der Waals surface area contributed by atoms with Crippen LogP contribution in [0.25, 0.3) is 0 Å². The molecule has 0 saturated carbocycles. The Balaban J connectivity index is 1.35. The highest BCUT2D eigenvalue weighted by molar-refractivity contribution is 6.04. The Kier molecular flexibility index (Phi) is 7.67. The van der Waals surface area contributed by atoms with E-state index >= 15 is 0 Å². The summed E-state index contributed by atoms with van der Waals surface area (Å²) in [6, 6.07) is 24.6. The Morgan fingerprint density at radius 3 is 2.26 bits per heavy atom. The summed E-state index contributed by atoms with van der Waals surface area (Å²) in [4.78, 5) is 49.1. The first-order chi connectivity index (χ1) is 20.4. The van der Waals surface area contributed by atoms with E-state index in [2.05, 4.69) is 10.2 Å². The van der Waals surface area contributed by atoms with Gasteiger partial charge in [0, 0.05) is 32.7 Å². The number of piperazine rings is 1. The van der Waals surface area contributed by atoms with E-state index < -0.39 is 12.1 Å². The van der Waals surface area contributed by atoms with Crippen LogP contribution in [-0.4, -0.2) is 83.8 Å². The van der Waals surface area contributed by atoms with E-state index in [9.17, 15) is 14.4 Å². The van der Waals surface area contributed by atoms with Gasteiger partial charge in [0.1, 0.15) is 17.5 Å². The molecule has 1 fully saturated rings. The number of hydrogen-bond acceptors (Lipinski definition) is 5. The molecule has 1 saturated heterocycles. The largest absolute Gasteiger partial charge is 0.457 e. The SMILES string of the molecule is CCN1C(=O)N[C@@H](c2cccc(Oc3ccccc3)c2)C2=C1CN([C@H](C(=O)N1CCN(C)CC1)c1ccccc1)C2=O. The number of carbonyl (C=O) groups is 3. The molecule has 0 spiro atoms. The van der Waals surface area contributed by atoms with E-state index in [-0.39, 0.29) is 24.4 Å². The topological polar surface area (TPSA) is 85.4 Å². The maximum absolute atomic E-state index is 14.4. The second-order valence-corrected chi connectivity index (χ2v) is 10.8. The molecule has 0 aliphatic carbocycles. The molecule has 6 rings (SSSR count). The van der Waals surface area contributed by atoms with Crippen LogP contribution in [0.4, 0.5) is 4.79 Å². The Morgan fingerprint density at radius 2 is 1.57 bits per heavy atom. The lowest BCUT2D eigenvalue weighted by Gasteiger charge is -2.37. The lowest BCUT2D eigenvalue weighted by atomic mass is 9.95. The van der Waals surface area contributed by atoms with Gasteiger partial charge in [0.05, 0.1) is 23.9 Å². The molecule has 3 aliphatic rings. The summed E-state index contributed by atoms with van der Waals surface area (Å²) in [6.45, 7) is 5.22. The molecule has 0 radical (unpaired) electrons. The molecule has 9 heteroatoms. The molecule has 3 aliphatic heterocycles. The first-order valence-corrected chi connectivity index (χ1v) is 14.4. The Hall–Kier alpha value is -4.63. The zero-order valence-corrected chi connectivity index (χ0v) is 23.9. The third-order valence-corrected chi connectivity index (χ3v) is 8.21. The van der Waals surface area contributed by atoms with Gasteiger partial charge in [-0.25, -0.2) is 4.79 Å². The zero-order chi connectivity index (χ0) is 29.2. The van der Waals surface area contributed by atoms with Crippen molar-refractivity contribution in [3.05, 3.63) is 107 Å². The molecule has 42 heavy (non-hydrogen) atoms. The molecule has 0 bridgehead atoms. The highest BCUT2D eigenvalue weighted by Crippen LogP contribution is 2.41. The number of ether oxygens (including phenoxy) is 1. The minimum atomic E-state index is -0.796. The molecule has 9 nitrogen and oxygen atoms in total. The first kappa shape index (κ1) is 27.5. The van der Waals surface area contributed by atoms with Crippen molar-refractivity contribution < 1.29 is 19.1 Å². The number of amides is 4. The van der Waals surface area contributed by atoms with Crippen LogP contribution in [0.15, 0.2) is 96.2 Å². The van der Waals surface area contributed by atoms with E-state index in [1.54, 1.807) is 9.80 Å². The van der Waals surface area contributed by atoms with Crippen molar-refractivity contribution in [1.29, 1.82) is 0 Å². The Morgan fingerprint density at radius 1 is 0.905 bits per heavy atom. The smallest absolute Gasteiger partial charge is 0.322 e.